The smallest absolute Gasteiger partial charge is 0.180 e. The van der Waals surface area contributed by atoms with Crippen LogP contribution in [0.3, 0.4) is 0 Å². The molecule has 0 saturated heterocycles. The second-order valence-corrected chi connectivity index (χ2v) is 4.69. The minimum atomic E-state index is -0.283. The lowest BCUT2D eigenvalue weighted by Gasteiger charge is -2.28. The van der Waals surface area contributed by atoms with Gasteiger partial charge in [0.05, 0.1) is 13.2 Å². The minimum Gasteiger partial charge on any atom is -0.374 e. The number of nitrogens with two attached hydrogens (primary N) is 1. The fraction of sp³-hybridized carbons (Fsp3) is 1.00. The topological polar surface area (TPSA) is 53.7 Å². The Hall–Kier alpha value is -0.160. The highest BCUT2D eigenvalue weighted by atomic mass is 16.7. The molecule has 16 heavy (non-hydrogen) atoms. The molecule has 4 heteroatoms. The molecule has 0 aromatic heterocycles. The lowest BCUT2D eigenvalue weighted by Crippen LogP contribution is -2.44. The van der Waals surface area contributed by atoms with E-state index in [1.54, 1.807) is 14.2 Å². The zero-order chi connectivity index (χ0) is 11.9. The summed E-state index contributed by atoms with van der Waals surface area (Å²) in [6, 6.07) is 0. The van der Waals surface area contributed by atoms with Gasteiger partial charge >= 0.3 is 0 Å². The predicted octanol–water partition coefficient (Wildman–Crippen LogP) is 1.67. The second kappa shape index (κ2) is 7.22. The molecule has 1 saturated carbocycles. The molecule has 0 radical (unpaired) electrons. The summed E-state index contributed by atoms with van der Waals surface area (Å²) in [5.41, 5.74) is 6.19. The quantitative estimate of drug-likeness (QED) is 0.558. The van der Waals surface area contributed by atoms with Gasteiger partial charge in [-0.1, -0.05) is 25.7 Å². The van der Waals surface area contributed by atoms with E-state index in [9.17, 15) is 0 Å². The molecule has 1 fully saturated rings. The molecule has 0 spiro atoms. The Morgan fingerprint density at radius 2 is 1.62 bits per heavy atom. The van der Waals surface area contributed by atoms with Crippen molar-refractivity contribution >= 4 is 0 Å². The van der Waals surface area contributed by atoms with Crippen LogP contribution in [0.4, 0.5) is 0 Å². The first-order chi connectivity index (χ1) is 7.70. The summed E-state index contributed by atoms with van der Waals surface area (Å²) >= 11 is 0. The van der Waals surface area contributed by atoms with E-state index in [1.807, 2.05) is 0 Å². The molecule has 0 aromatic carbocycles. The largest absolute Gasteiger partial charge is 0.374 e. The molecule has 4 nitrogen and oxygen atoms in total. The molecule has 1 aliphatic carbocycles. The van der Waals surface area contributed by atoms with Crippen LogP contribution in [0.2, 0.25) is 0 Å². The van der Waals surface area contributed by atoms with Crippen LogP contribution in [0.5, 0.6) is 0 Å². The second-order valence-electron chi connectivity index (χ2n) is 4.69. The van der Waals surface area contributed by atoms with Crippen LogP contribution < -0.4 is 5.73 Å². The van der Waals surface area contributed by atoms with Gasteiger partial charge < -0.3 is 19.9 Å². The molecule has 1 rings (SSSR count). The van der Waals surface area contributed by atoms with Crippen LogP contribution in [0.15, 0.2) is 0 Å². The number of methoxy groups -OCH3 is 2. The molecule has 0 bridgehead atoms. The van der Waals surface area contributed by atoms with E-state index in [1.165, 1.54) is 25.7 Å². The Kier molecular flexibility index (Phi) is 6.28. The van der Waals surface area contributed by atoms with Gasteiger partial charge in [-0.05, 0) is 12.8 Å². The van der Waals surface area contributed by atoms with Gasteiger partial charge in [0.2, 0.25) is 0 Å². The highest BCUT2D eigenvalue weighted by Crippen LogP contribution is 2.25. The molecule has 96 valence electrons. The highest BCUT2D eigenvalue weighted by molar-refractivity contribution is 4.85. The van der Waals surface area contributed by atoms with Gasteiger partial charge in [0.15, 0.2) is 6.29 Å². The maximum Gasteiger partial charge on any atom is 0.180 e. The van der Waals surface area contributed by atoms with E-state index in [2.05, 4.69) is 0 Å². The third-order valence-electron chi connectivity index (χ3n) is 3.27. The Balaban J connectivity index is 2.23. The van der Waals surface area contributed by atoms with Crippen LogP contribution in [-0.4, -0.2) is 39.3 Å². The monoisotopic (exact) mass is 231 g/mol. The van der Waals surface area contributed by atoms with Crippen LogP contribution in [-0.2, 0) is 14.2 Å². The Bertz CT molecular complexity index is 175. The Morgan fingerprint density at radius 1 is 1.06 bits per heavy atom. The summed E-state index contributed by atoms with van der Waals surface area (Å²) in [6.07, 6.45) is 6.90. The minimum absolute atomic E-state index is 0.136. The molecule has 0 heterocycles. The first-order valence-corrected chi connectivity index (χ1v) is 6.12. The lowest BCUT2D eigenvalue weighted by molar-refractivity contribution is -0.144. The van der Waals surface area contributed by atoms with Crippen LogP contribution in [0.25, 0.3) is 0 Å². The van der Waals surface area contributed by atoms with Crippen molar-refractivity contribution in [2.45, 2.75) is 50.4 Å². The van der Waals surface area contributed by atoms with Gasteiger partial charge in [-0.15, -0.1) is 0 Å². The Morgan fingerprint density at radius 3 is 2.12 bits per heavy atom. The van der Waals surface area contributed by atoms with Crippen molar-refractivity contribution < 1.29 is 14.2 Å². The average Bonchev–Trinajstić information content (AvgIpc) is 2.50. The van der Waals surface area contributed by atoms with Crippen LogP contribution in [0, 0.1) is 0 Å². The van der Waals surface area contributed by atoms with Crippen molar-refractivity contribution in [3.05, 3.63) is 0 Å². The number of rotatable bonds is 6. The van der Waals surface area contributed by atoms with Gasteiger partial charge in [0.25, 0.3) is 0 Å². The molecule has 0 aliphatic heterocycles. The van der Waals surface area contributed by atoms with Crippen molar-refractivity contribution in [3.8, 4) is 0 Å². The predicted molar refractivity (Wildman–Crippen MR) is 63.2 cm³/mol. The van der Waals surface area contributed by atoms with Crippen molar-refractivity contribution in [3.63, 3.8) is 0 Å². The first kappa shape index (κ1) is 13.9. The van der Waals surface area contributed by atoms with E-state index < -0.39 is 0 Å². The number of hydrogen-bond donors (Lipinski definition) is 1. The fourth-order valence-electron chi connectivity index (χ4n) is 2.17. The van der Waals surface area contributed by atoms with Gasteiger partial charge in [0.1, 0.15) is 0 Å². The lowest BCUT2D eigenvalue weighted by atomic mass is 9.93. The van der Waals surface area contributed by atoms with Gasteiger partial charge in [-0.3, -0.25) is 0 Å². The summed E-state index contributed by atoms with van der Waals surface area (Å²) in [5.74, 6) is 0. The highest BCUT2D eigenvalue weighted by Gasteiger charge is 2.26. The summed E-state index contributed by atoms with van der Waals surface area (Å²) in [4.78, 5) is 0. The maximum absolute atomic E-state index is 6.32. The molecule has 1 aliphatic rings. The molecule has 0 atom stereocenters. The number of hydrogen-bond acceptors (Lipinski definition) is 4. The van der Waals surface area contributed by atoms with Crippen molar-refractivity contribution in [1.82, 2.24) is 0 Å². The molecule has 0 unspecified atom stereocenters. The fourth-order valence-corrected chi connectivity index (χ4v) is 2.17. The summed E-state index contributed by atoms with van der Waals surface area (Å²) < 4.78 is 15.7. The summed E-state index contributed by atoms with van der Waals surface area (Å²) in [7, 11) is 3.22. The zero-order valence-electron chi connectivity index (χ0n) is 10.5. The van der Waals surface area contributed by atoms with E-state index in [4.69, 9.17) is 19.9 Å². The van der Waals surface area contributed by atoms with Gasteiger partial charge in [-0.25, -0.2) is 0 Å². The third-order valence-corrected chi connectivity index (χ3v) is 3.27. The Labute approximate surface area is 98.4 Å². The van der Waals surface area contributed by atoms with E-state index in [0.29, 0.717) is 13.2 Å². The van der Waals surface area contributed by atoms with Gasteiger partial charge in [-0.2, -0.15) is 0 Å². The first-order valence-electron chi connectivity index (χ1n) is 6.12. The maximum atomic E-state index is 6.32. The summed E-state index contributed by atoms with van der Waals surface area (Å²) in [6.45, 7) is 1.06. The number of ether oxygens (including phenoxy) is 3. The van der Waals surface area contributed by atoms with E-state index in [-0.39, 0.29) is 11.8 Å². The van der Waals surface area contributed by atoms with Crippen molar-refractivity contribution in [2.75, 3.05) is 27.4 Å². The van der Waals surface area contributed by atoms with Crippen molar-refractivity contribution in [1.29, 1.82) is 0 Å². The molecule has 2 N–H and O–H groups in total. The van der Waals surface area contributed by atoms with E-state index >= 15 is 0 Å². The average molecular weight is 231 g/mol. The van der Waals surface area contributed by atoms with Crippen LogP contribution >= 0.6 is 0 Å². The molecular weight excluding hydrogens is 206 g/mol. The standard InChI is InChI=1S/C12H25NO3/c1-14-11(15-2)9-16-10-12(13)7-5-3-4-6-8-12/h11H,3-10,13H2,1-2H3. The SMILES string of the molecule is COC(COCC1(N)CCCCCC1)OC. The van der Waals surface area contributed by atoms with E-state index in [0.717, 1.165) is 12.8 Å². The van der Waals surface area contributed by atoms with Gasteiger partial charge in [0, 0.05) is 19.8 Å². The molecular formula is C12H25NO3. The third kappa shape index (κ3) is 4.78. The normalized spacial score (nSPS) is 21.0. The van der Waals surface area contributed by atoms with Crippen LogP contribution in [0.1, 0.15) is 38.5 Å². The summed E-state index contributed by atoms with van der Waals surface area (Å²) in [5, 5.41) is 0. The molecule has 0 amide bonds. The zero-order valence-corrected chi connectivity index (χ0v) is 10.5. The molecule has 0 aromatic rings. The van der Waals surface area contributed by atoms with Crippen molar-refractivity contribution in [2.24, 2.45) is 5.73 Å².